The van der Waals surface area contributed by atoms with Gasteiger partial charge in [-0.15, -0.1) is 0 Å². The number of rotatable bonds is 2. The second kappa shape index (κ2) is 6.38. The van der Waals surface area contributed by atoms with Gasteiger partial charge in [-0.2, -0.15) is 0 Å². The molecule has 5 heteroatoms. The molecule has 1 fully saturated rings. The van der Waals surface area contributed by atoms with Crippen LogP contribution in [0.5, 0.6) is 0 Å². The molecule has 0 unspecified atom stereocenters. The Labute approximate surface area is 171 Å². The van der Waals surface area contributed by atoms with Gasteiger partial charge in [0.1, 0.15) is 0 Å². The lowest BCUT2D eigenvalue weighted by atomic mass is 9.79. The van der Waals surface area contributed by atoms with E-state index < -0.39 is 0 Å². The molecule has 0 saturated carbocycles. The Balaban J connectivity index is 1.50. The summed E-state index contributed by atoms with van der Waals surface area (Å²) < 4.78 is 12.3. The molecule has 0 spiro atoms. The van der Waals surface area contributed by atoms with Gasteiger partial charge in [0.15, 0.2) is 0 Å². The molecule has 3 heterocycles. The molecule has 2 aromatic heterocycles. The molecule has 1 aliphatic heterocycles. The van der Waals surface area contributed by atoms with Gasteiger partial charge in [-0.05, 0) is 45.3 Å². The second-order valence-electron chi connectivity index (χ2n) is 8.62. The monoisotopic (exact) mass is 382 g/mol. The van der Waals surface area contributed by atoms with E-state index in [2.05, 4.69) is 87.3 Å². The van der Waals surface area contributed by atoms with E-state index in [4.69, 9.17) is 14.3 Å². The van der Waals surface area contributed by atoms with E-state index in [0.29, 0.717) is 0 Å². The molecule has 144 valence electrons. The molecule has 4 nitrogen and oxygen atoms in total. The summed E-state index contributed by atoms with van der Waals surface area (Å²) in [5, 5.41) is 2.19. The standard InChI is InChI=1S/C24H23BN2O2/c1-23(2)24(3,4)29-25(28-23)19-12-9-16(10-13-19)20-14-11-18-8-7-17-6-5-15-26-21(17)22(18)27-20/h5-15H,1-4H3. The number of hydrogen-bond acceptors (Lipinski definition) is 4. The van der Waals surface area contributed by atoms with Crippen LogP contribution in [0.25, 0.3) is 33.1 Å². The largest absolute Gasteiger partial charge is 0.494 e. The highest BCUT2D eigenvalue weighted by Crippen LogP contribution is 2.36. The van der Waals surface area contributed by atoms with Crippen molar-refractivity contribution < 1.29 is 9.31 Å². The Bertz CT molecular complexity index is 1200. The fourth-order valence-electron chi connectivity index (χ4n) is 3.67. The number of aromatic nitrogens is 2. The highest BCUT2D eigenvalue weighted by atomic mass is 16.7. The van der Waals surface area contributed by atoms with E-state index in [1.807, 2.05) is 12.3 Å². The van der Waals surface area contributed by atoms with Crippen LogP contribution in [0, 0.1) is 0 Å². The first-order chi connectivity index (χ1) is 13.8. The number of pyridine rings is 2. The molecular weight excluding hydrogens is 359 g/mol. The van der Waals surface area contributed by atoms with Crippen molar-refractivity contribution >= 4 is 34.4 Å². The van der Waals surface area contributed by atoms with Crippen LogP contribution >= 0.6 is 0 Å². The summed E-state index contributed by atoms with van der Waals surface area (Å²) in [4.78, 5) is 9.46. The Hall–Kier alpha value is -2.76. The van der Waals surface area contributed by atoms with Gasteiger partial charge in [-0.25, -0.2) is 4.98 Å². The smallest absolute Gasteiger partial charge is 0.399 e. The lowest BCUT2D eigenvalue weighted by Gasteiger charge is -2.32. The van der Waals surface area contributed by atoms with Crippen LogP contribution in [0.2, 0.25) is 0 Å². The predicted molar refractivity (Wildman–Crippen MR) is 118 cm³/mol. The zero-order valence-corrected chi connectivity index (χ0v) is 17.1. The summed E-state index contributed by atoms with van der Waals surface area (Å²) in [6.07, 6.45) is 1.81. The highest BCUT2D eigenvalue weighted by Gasteiger charge is 2.51. The van der Waals surface area contributed by atoms with E-state index in [1.165, 1.54) is 0 Å². The first-order valence-corrected chi connectivity index (χ1v) is 9.95. The maximum atomic E-state index is 6.16. The quantitative estimate of drug-likeness (QED) is 0.371. The summed E-state index contributed by atoms with van der Waals surface area (Å²) in [5.74, 6) is 0. The van der Waals surface area contributed by atoms with Crippen molar-refractivity contribution in [2.75, 3.05) is 0 Å². The van der Waals surface area contributed by atoms with Crippen LogP contribution in [0.1, 0.15) is 27.7 Å². The molecule has 5 rings (SSSR count). The van der Waals surface area contributed by atoms with Crippen molar-refractivity contribution in [3.05, 3.63) is 66.9 Å². The summed E-state index contributed by atoms with van der Waals surface area (Å²) in [6.45, 7) is 8.27. The summed E-state index contributed by atoms with van der Waals surface area (Å²) >= 11 is 0. The molecule has 1 aliphatic rings. The van der Waals surface area contributed by atoms with Crippen molar-refractivity contribution in [1.82, 2.24) is 9.97 Å². The second-order valence-corrected chi connectivity index (χ2v) is 8.62. The molecule has 0 aliphatic carbocycles. The average Bonchev–Trinajstić information content (AvgIpc) is 2.95. The average molecular weight is 382 g/mol. The summed E-state index contributed by atoms with van der Waals surface area (Å²) in [6, 6.07) is 20.6. The van der Waals surface area contributed by atoms with Crippen molar-refractivity contribution in [3.63, 3.8) is 0 Å². The van der Waals surface area contributed by atoms with Gasteiger partial charge >= 0.3 is 7.12 Å². The normalized spacial score (nSPS) is 17.9. The lowest BCUT2D eigenvalue weighted by Crippen LogP contribution is -2.41. The van der Waals surface area contributed by atoms with Crippen LogP contribution in [0.4, 0.5) is 0 Å². The molecular formula is C24H23BN2O2. The van der Waals surface area contributed by atoms with Crippen molar-refractivity contribution in [2.24, 2.45) is 0 Å². The predicted octanol–water partition coefficient (Wildman–Crippen LogP) is 4.75. The first kappa shape index (κ1) is 18.3. The molecule has 0 amide bonds. The van der Waals surface area contributed by atoms with Crippen LogP contribution in [-0.2, 0) is 9.31 Å². The van der Waals surface area contributed by atoms with Gasteiger partial charge in [0.25, 0.3) is 0 Å². The molecule has 2 aromatic carbocycles. The molecule has 29 heavy (non-hydrogen) atoms. The number of hydrogen-bond donors (Lipinski definition) is 0. The maximum Gasteiger partial charge on any atom is 0.494 e. The fraction of sp³-hybridized carbons (Fsp3) is 0.250. The Morgan fingerprint density at radius 3 is 2.03 bits per heavy atom. The molecule has 0 N–H and O–H groups in total. The topological polar surface area (TPSA) is 44.2 Å². The van der Waals surface area contributed by atoms with E-state index in [0.717, 1.165) is 38.5 Å². The summed E-state index contributed by atoms with van der Waals surface area (Å²) in [7, 11) is -0.355. The van der Waals surface area contributed by atoms with Crippen LogP contribution < -0.4 is 5.46 Å². The minimum Gasteiger partial charge on any atom is -0.399 e. The van der Waals surface area contributed by atoms with Gasteiger partial charge in [0.05, 0.1) is 27.9 Å². The van der Waals surface area contributed by atoms with Gasteiger partial charge < -0.3 is 9.31 Å². The number of benzene rings is 2. The third-order valence-electron chi connectivity index (χ3n) is 6.16. The SMILES string of the molecule is CC1(C)OB(c2ccc(-c3ccc4ccc5cccnc5c4n3)cc2)OC1(C)C. The summed E-state index contributed by atoms with van der Waals surface area (Å²) in [5.41, 5.74) is 4.17. The maximum absolute atomic E-state index is 6.16. The van der Waals surface area contributed by atoms with Gasteiger partial charge in [0.2, 0.25) is 0 Å². The van der Waals surface area contributed by atoms with Gasteiger partial charge in [-0.1, -0.05) is 48.5 Å². The minimum atomic E-state index is -0.355. The molecule has 1 saturated heterocycles. The van der Waals surface area contributed by atoms with Crippen molar-refractivity contribution in [2.45, 2.75) is 38.9 Å². The van der Waals surface area contributed by atoms with Crippen molar-refractivity contribution in [1.29, 1.82) is 0 Å². The van der Waals surface area contributed by atoms with E-state index in [9.17, 15) is 0 Å². The molecule has 0 radical (unpaired) electrons. The third kappa shape index (κ3) is 3.02. The van der Waals surface area contributed by atoms with E-state index >= 15 is 0 Å². The van der Waals surface area contributed by atoms with Crippen molar-refractivity contribution in [3.8, 4) is 11.3 Å². The molecule has 0 atom stereocenters. The third-order valence-corrected chi connectivity index (χ3v) is 6.16. The number of nitrogens with zero attached hydrogens (tertiary/aromatic N) is 2. The highest BCUT2D eigenvalue weighted by molar-refractivity contribution is 6.62. The van der Waals surface area contributed by atoms with Crippen LogP contribution in [-0.4, -0.2) is 28.3 Å². The van der Waals surface area contributed by atoms with E-state index in [-0.39, 0.29) is 18.3 Å². The van der Waals surface area contributed by atoms with Crippen LogP contribution in [0.3, 0.4) is 0 Å². The number of fused-ring (bicyclic) bond motifs is 3. The lowest BCUT2D eigenvalue weighted by molar-refractivity contribution is 0.00578. The Morgan fingerprint density at radius 1 is 0.724 bits per heavy atom. The zero-order chi connectivity index (χ0) is 20.2. The van der Waals surface area contributed by atoms with Gasteiger partial charge in [0, 0.05) is 22.5 Å². The Kier molecular flexibility index (Phi) is 4.02. The molecule has 4 aromatic rings. The minimum absolute atomic E-state index is 0.343. The molecule has 0 bridgehead atoms. The van der Waals surface area contributed by atoms with E-state index in [1.54, 1.807) is 0 Å². The first-order valence-electron chi connectivity index (χ1n) is 9.95. The Morgan fingerprint density at radius 2 is 1.34 bits per heavy atom. The fourth-order valence-corrected chi connectivity index (χ4v) is 3.67. The van der Waals surface area contributed by atoms with Gasteiger partial charge in [-0.3, -0.25) is 4.98 Å². The van der Waals surface area contributed by atoms with Crippen LogP contribution in [0.15, 0.2) is 66.9 Å². The zero-order valence-electron chi connectivity index (χ0n) is 17.1.